The van der Waals surface area contributed by atoms with Crippen LogP contribution in [0.5, 0.6) is 11.5 Å². The van der Waals surface area contributed by atoms with Gasteiger partial charge in [0, 0.05) is 40.6 Å². The molecule has 0 aliphatic heterocycles. The Morgan fingerprint density at radius 1 is 1.00 bits per heavy atom. The quantitative estimate of drug-likeness (QED) is 0.792. The highest BCUT2D eigenvalue weighted by molar-refractivity contribution is 7.99. The van der Waals surface area contributed by atoms with Gasteiger partial charge in [-0.05, 0) is 31.2 Å². The van der Waals surface area contributed by atoms with Gasteiger partial charge in [-0.1, -0.05) is 11.8 Å². The van der Waals surface area contributed by atoms with Gasteiger partial charge in [0.25, 0.3) is 0 Å². The Balaban J connectivity index is 1.86. The molecule has 0 aromatic carbocycles. The lowest BCUT2D eigenvalue weighted by Gasteiger charge is -2.10. The summed E-state index contributed by atoms with van der Waals surface area (Å²) in [5.74, 6) is 1.54. The maximum Gasteiger partial charge on any atom is 0.170 e. The van der Waals surface area contributed by atoms with E-state index in [2.05, 4.69) is 15.0 Å². The normalized spacial score (nSPS) is 10.4. The Kier molecular flexibility index (Phi) is 4.20. The lowest BCUT2D eigenvalue weighted by Crippen LogP contribution is -1.97. The highest BCUT2D eigenvalue weighted by atomic mass is 32.2. The summed E-state index contributed by atoms with van der Waals surface area (Å²) in [4.78, 5) is 14.4. The Morgan fingerprint density at radius 2 is 1.82 bits per heavy atom. The summed E-state index contributed by atoms with van der Waals surface area (Å²) in [5, 5.41) is 0. The van der Waals surface area contributed by atoms with E-state index in [0.29, 0.717) is 17.3 Å². The molecular weight excluding hydrogens is 296 g/mol. The van der Waals surface area contributed by atoms with Gasteiger partial charge in [-0.25, -0.2) is 4.98 Å². The number of nitrogens with two attached hydrogens (primary N) is 1. The van der Waals surface area contributed by atoms with Crippen LogP contribution in [0.25, 0.3) is 0 Å². The minimum atomic E-state index is 0.349. The maximum atomic E-state index is 5.90. The van der Waals surface area contributed by atoms with Gasteiger partial charge in [0.15, 0.2) is 11.6 Å². The van der Waals surface area contributed by atoms with Crippen LogP contribution in [0.3, 0.4) is 0 Å². The first-order valence-electron chi connectivity index (χ1n) is 6.65. The molecule has 3 heterocycles. The summed E-state index contributed by atoms with van der Waals surface area (Å²) < 4.78 is 5.84. The van der Waals surface area contributed by atoms with E-state index in [9.17, 15) is 0 Å². The zero-order valence-electron chi connectivity index (χ0n) is 11.9. The fourth-order valence-corrected chi connectivity index (χ4v) is 2.61. The third kappa shape index (κ3) is 3.35. The Bertz CT molecular complexity index is 780. The molecule has 0 unspecified atom stereocenters. The van der Waals surface area contributed by atoms with Crippen molar-refractivity contribution in [1.82, 2.24) is 15.0 Å². The SMILES string of the molecule is Cc1ncccc1Oc1cc(Sc2ccncc2)cnc1N. The third-order valence-electron chi connectivity index (χ3n) is 2.92. The smallest absolute Gasteiger partial charge is 0.170 e. The van der Waals surface area contributed by atoms with Gasteiger partial charge in [-0.2, -0.15) is 0 Å². The first kappa shape index (κ1) is 14.3. The van der Waals surface area contributed by atoms with Gasteiger partial charge >= 0.3 is 0 Å². The van der Waals surface area contributed by atoms with E-state index >= 15 is 0 Å². The predicted molar refractivity (Wildman–Crippen MR) is 86.1 cm³/mol. The van der Waals surface area contributed by atoms with Crippen molar-refractivity contribution < 1.29 is 4.74 Å². The molecule has 22 heavy (non-hydrogen) atoms. The van der Waals surface area contributed by atoms with E-state index in [1.165, 1.54) is 0 Å². The highest BCUT2D eigenvalue weighted by Gasteiger charge is 2.08. The topological polar surface area (TPSA) is 73.9 Å². The van der Waals surface area contributed by atoms with Crippen molar-refractivity contribution in [2.45, 2.75) is 16.7 Å². The predicted octanol–water partition coefficient (Wildman–Crippen LogP) is 3.71. The van der Waals surface area contributed by atoms with Crippen LogP contribution in [0.15, 0.2) is 64.9 Å². The van der Waals surface area contributed by atoms with Crippen LogP contribution >= 0.6 is 11.8 Å². The number of anilines is 1. The molecular formula is C16H14N4OS. The molecule has 0 radical (unpaired) electrons. The largest absolute Gasteiger partial charge is 0.452 e. The van der Waals surface area contributed by atoms with Crippen LogP contribution in [0.2, 0.25) is 0 Å². The highest BCUT2D eigenvalue weighted by Crippen LogP contribution is 2.33. The first-order chi connectivity index (χ1) is 10.7. The lowest BCUT2D eigenvalue weighted by atomic mass is 10.3. The van der Waals surface area contributed by atoms with Crippen LogP contribution in [0.4, 0.5) is 5.82 Å². The van der Waals surface area contributed by atoms with Crippen molar-refractivity contribution in [3.05, 3.63) is 60.8 Å². The van der Waals surface area contributed by atoms with Gasteiger partial charge in [-0.15, -0.1) is 0 Å². The number of nitrogen functional groups attached to an aromatic ring is 1. The molecule has 3 aromatic heterocycles. The Morgan fingerprint density at radius 3 is 2.59 bits per heavy atom. The van der Waals surface area contributed by atoms with E-state index in [0.717, 1.165) is 15.5 Å². The molecule has 0 fully saturated rings. The molecule has 0 amide bonds. The van der Waals surface area contributed by atoms with Crippen molar-refractivity contribution in [1.29, 1.82) is 0 Å². The van der Waals surface area contributed by atoms with Gasteiger partial charge < -0.3 is 10.5 Å². The molecule has 0 atom stereocenters. The minimum absolute atomic E-state index is 0.349. The summed E-state index contributed by atoms with van der Waals surface area (Å²) in [6, 6.07) is 9.42. The first-order valence-corrected chi connectivity index (χ1v) is 7.47. The molecule has 0 bridgehead atoms. The number of pyridine rings is 3. The summed E-state index contributed by atoms with van der Waals surface area (Å²) in [6.07, 6.45) is 6.95. The summed E-state index contributed by atoms with van der Waals surface area (Å²) >= 11 is 1.57. The van der Waals surface area contributed by atoms with Crippen molar-refractivity contribution in [3.8, 4) is 11.5 Å². The Hall–Kier alpha value is -2.60. The number of hydrogen-bond acceptors (Lipinski definition) is 6. The molecule has 0 saturated carbocycles. The lowest BCUT2D eigenvalue weighted by molar-refractivity contribution is 0.474. The van der Waals surface area contributed by atoms with Gasteiger partial charge in [-0.3, -0.25) is 9.97 Å². The molecule has 5 nitrogen and oxygen atoms in total. The maximum absolute atomic E-state index is 5.90. The second kappa shape index (κ2) is 6.44. The van der Waals surface area contributed by atoms with Crippen molar-refractivity contribution in [2.24, 2.45) is 0 Å². The number of aromatic nitrogens is 3. The van der Waals surface area contributed by atoms with E-state index < -0.39 is 0 Å². The van der Waals surface area contributed by atoms with Gasteiger partial charge in [0.2, 0.25) is 0 Å². The van der Waals surface area contributed by atoms with Gasteiger partial charge in [0.05, 0.1) is 5.69 Å². The molecule has 0 aliphatic carbocycles. The number of nitrogens with zero attached hydrogens (tertiary/aromatic N) is 3. The van der Waals surface area contributed by atoms with Crippen LogP contribution in [-0.2, 0) is 0 Å². The van der Waals surface area contributed by atoms with Crippen LogP contribution in [0, 0.1) is 6.92 Å². The van der Waals surface area contributed by atoms with Crippen molar-refractivity contribution in [3.63, 3.8) is 0 Å². The van der Waals surface area contributed by atoms with E-state index in [4.69, 9.17) is 10.5 Å². The minimum Gasteiger partial charge on any atom is -0.452 e. The molecule has 110 valence electrons. The second-order valence-corrected chi connectivity index (χ2v) is 5.68. The van der Waals surface area contributed by atoms with E-state index in [1.54, 1.807) is 36.5 Å². The van der Waals surface area contributed by atoms with Crippen molar-refractivity contribution in [2.75, 3.05) is 5.73 Å². The zero-order chi connectivity index (χ0) is 15.4. The fraction of sp³-hybridized carbons (Fsp3) is 0.0625. The van der Waals surface area contributed by atoms with Crippen molar-refractivity contribution >= 4 is 17.6 Å². The molecule has 2 N–H and O–H groups in total. The average molecular weight is 310 g/mol. The number of ether oxygens (including phenoxy) is 1. The van der Waals surface area contributed by atoms with Gasteiger partial charge in [0.1, 0.15) is 5.75 Å². The number of hydrogen-bond donors (Lipinski definition) is 1. The molecule has 0 saturated heterocycles. The van der Waals surface area contributed by atoms with E-state index in [-0.39, 0.29) is 0 Å². The summed E-state index contributed by atoms with van der Waals surface area (Å²) in [6.45, 7) is 1.88. The monoisotopic (exact) mass is 310 g/mol. The summed E-state index contributed by atoms with van der Waals surface area (Å²) in [7, 11) is 0. The Labute approximate surface area is 132 Å². The molecule has 3 aromatic rings. The molecule has 0 spiro atoms. The zero-order valence-corrected chi connectivity index (χ0v) is 12.7. The third-order valence-corrected chi connectivity index (χ3v) is 3.89. The molecule has 3 rings (SSSR count). The summed E-state index contributed by atoms with van der Waals surface area (Å²) in [5.41, 5.74) is 6.71. The average Bonchev–Trinajstić information content (AvgIpc) is 2.54. The fourth-order valence-electron chi connectivity index (χ4n) is 1.81. The molecule has 6 heteroatoms. The van der Waals surface area contributed by atoms with Crippen LogP contribution < -0.4 is 10.5 Å². The molecule has 0 aliphatic rings. The van der Waals surface area contributed by atoms with E-state index in [1.807, 2.05) is 37.3 Å². The van der Waals surface area contributed by atoms with Crippen LogP contribution in [0.1, 0.15) is 5.69 Å². The van der Waals surface area contributed by atoms with Crippen LogP contribution in [-0.4, -0.2) is 15.0 Å². The standard InChI is InChI=1S/C16H14N4OS/c1-11-14(3-2-6-19-11)21-15-9-13(10-20-16(15)17)22-12-4-7-18-8-5-12/h2-10H,1H3,(H2,17,20). The number of aryl methyl sites for hydroxylation is 1. The second-order valence-electron chi connectivity index (χ2n) is 4.53. The number of rotatable bonds is 4.